The highest BCUT2D eigenvalue weighted by Gasteiger charge is 2.27. The number of piperidine rings is 1. The number of anilines is 1. The zero-order valence-corrected chi connectivity index (χ0v) is 17.7. The summed E-state index contributed by atoms with van der Waals surface area (Å²) in [6, 6.07) is 17.6. The number of nitrogens with zero attached hydrogens (tertiary/aromatic N) is 2. The van der Waals surface area contributed by atoms with Crippen LogP contribution in [-0.4, -0.2) is 40.5 Å². The predicted molar refractivity (Wildman–Crippen MR) is 120 cm³/mol. The van der Waals surface area contributed by atoms with Gasteiger partial charge in [0.25, 0.3) is 0 Å². The molecule has 1 N–H and O–H groups in total. The minimum Gasteiger partial charge on any atom is -0.342 e. The van der Waals surface area contributed by atoms with E-state index in [-0.39, 0.29) is 17.7 Å². The second kappa shape index (κ2) is 9.41. The van der Waals surface area contributed by atoms with Crippen LogP contribution >= 0.6 is 23.1 Å². The van der Waals surface area contributed by atoms with E-state index in [1.807, 2.05) is 53.4 Å². The number of hydrogen-bond acceptors (Lipinski definition) is 5. The largest absolute Gasteiger partial charge is 0.342 e. The summed E-state index contributed by atoms with van der Waals surface area (Å²) in [7, 11) is 0. The summed E-state index contributed by atoms with van der Waals surface area (Å²) < 4.78 is 1.19. The number of aromatic nitrogens is 1. The van der Waals surface area contributed by atoms with Crippen LogP contribution in [-0.2, 0) is 15.3 Å². The SMILES string of the molecule is O=C(Nc1ccccc1)C1CCN(C(=O)CSCc2nc3ccccc3s2)CC1. The summed E-state index contributed by atoms with van der Waals surface area (Å²) in [6.45, 7) is 1.29. The van der Waals surface area contributed by atoms with Gasteiger partial charge in [-0.05, 0) is 37.1 Å². The summed E-state index contributed by atoms with van der Waals surface area (Å²) >= 11 is 3.30. The molecule has 0 spiro atoms. The molecule has 0 saturated carbocycles. The molecule has 4 rings (SSSR count). The lowest BCUT2D eigenvalue weighted by Gasteiger charge is -2.31. The zero-order chi connectivity index (χ0) is 20.1. The number of carbonyl (C=O) groups is 2. The van der Waals surface area contributed by atoms with Gasteiger partial charge in [-0.15, -0.1) is 23.1 Å². The van der Waals surface area contributed by atoms with Gasteiger partial charge < -0.3 is 10.2 Å². The molecular weight excluding hydrogens is 402 g/mol. The van der Waals surface area contributed by atoms with Gasteiger partial charge in [0.15, 0.2) is 0 Å². The van der Waals surface area contributed by atoms with Gasteiger partial charge in [0.05, 0.1) is 16.0 Å². The van der Waals surface area contributed by atoms with E-state index in [0.29, 0.717) is 31.7 Å². The maximum Gasteiger partial charge on any atom is 0.232 e. The van der Waals surface area contributed by atoms with Crippen molar-refractivity contribution < 1.29 is 9.59 Å². The zero-order valence-electron chi connectivity index (χ0n) is 16.0. The Morgan fingerprint density at radius 3 is 2.55 bits per heavy atom. The fourth-order valence-electron chi connectivity index (χ4n) is 3.46. The van der Waals surface area contributed by atoms with E-state index < -0.39 is 0 Å². The van der Waals surface area contributed by atoms with Crippen LogP contribution in [0.2, 0.25) is 0 Å². The number of fused-ring (bicyclic) bond motifs is 1. The van der Waals surface area contributed by atoms with E-state index in [0.717, 1.165) is 22.0 Å². The summed E-state index contributed by atoms with van der Waals surface area (Å²) in [6.07, 6.45) is 1.43. The average molecular weight is 426 g/mol. The first-order valence-electron chi connectivity index (χ1n) is 9.75. The molecule has 0 bridgehead atoms. The number of amides is 2. The molecule has 2 aromatic carbocycles. The molecule has 1 saturated heterocycles. The summed E-state index contributed by atoms with van der Waals surface area (Å²) in [5.41, 5.74) is 1.84. The number of benzene rings is 2. The molecule has 5 nitrogen and oxygen atoms in total. The molecule has 1 fully saturated rings. The van der Waals surface area contributed by atoms with Crippen molar-refractivity contribution >= 4 is 50.8 Å². The van der Waals surface area contributed by atoms with Gasteiger partial charge in [-0.2, -0.15) is 0 Å². The van der Waals surface area contributed by atoms with Crippen LogP contribution < -0.4 is 5.32 Å². The van der Waals surface area contributed by atoms with Crippen LogP contribution in [0.1, 0.15) is 17.8 Å². The molecule has 7 heteroatoms. The average Bonchev–Trinajstić information content (AvgIpc) is 3.17. The van der Waals surface area contributed by atoms with Gasteiger partial charge in [-0.1, -0.05) is 30.3 Å². The molecule has 0 atom stereocenters. The maximum atomic E-state index is 12.5. The third-order valence-corrected chi connectivity index (χ3v) is 7.20. The lowest BCUT2D eigenvalue weighted by Crippen LogP contribution is -2.42. The first-order chi connectivity index (χ1) is 14.2. The van der Waals surface area contributed by atoms with Crippen LogP contribution in [0.3, 0.4) is 0 Å². The maximum absolute atomic E-state index is 12.5. The predicted octanol–water partition coefficient (Wildman–Crippen LogP) is 4.41. The van der Waals surface area contributed by atoms with Crippen LogP contribution in [0.5, 0.6) is 0 Å². The molecule has 29 heavy (non-hydrogen) atoms. The quantitative estimate of drug-likeness (QED) is 0.636. The highest BCUT2D eigenvalue weighted by molar-refractivity contribution is 7.99. The number of rotatable bonds is 6. The van der Waals surface area contributed by atoms with Gasteiger partial charge in [0.2, 0.25) is 11.8 Å². The number of para-hydroxylation sites is 2. The number of thioether (sulfide) groups is 1. The number of likely N-dealkylation sites (tertiary alicyclic amines) is 1. The lowest BCUT2D eigenvalue weighted by molar-refractivity contribution is -0.132. The number of hydrogen-bond donors (Lipinski definition) is 1. The molecule has 2 heterocycles. The van der Waals surface area contributed by atoms with Gasteiger partial charge in [-0.3, -0.25) is 9.59 Å². The van der Waals surface area contributed by atoms with E-state index >= 15 is 0 Å². The first kappa shape index (κ1) is 19.9. The second-order valence-corrected chi connectivity index (χ2v) is 9.18. The van der Waals surface area contributed by atoms with E-state index in [1.54, 1.807) is 23.1 Å². The molecule has 1 aliphatic heterocycles. The van der Waals surface area contributed by atoms with Crippen molar-refractivity contribution in [2.45, 2.75) is 18.6 Å². The second-order valence-electron chi connectivity index (χ2n) is 7.08. The summed E-state index contributed by atoms with van der Waals surface area (Å²) in [4.78, 5) is 31.4. The Hall–Kier alpha value is -2.38. The number of carbonyl (C=O) groups excluding carboxylic acids is 2. The monoisotopic (exact) mass is 425 g/mol. The van der Waals surface area contributed by atoms with Crippen molar-refractivity contribution in [1.82, 2.24) is 9.88 Å². The Labute approximate surface area is 178 Å². The molecule has 0 unspecified atom stereocenters. The topological polar surface area (TPSA) is 62.3 Å². The molecular formula is C22H23N3O2S2. The van der Waals surface area contributed by atoms with Crippen molar-refractivity contribution in [2.75, 3.05) is 24.2 Å². The molecule has 3 aromatic rings. The molecule has 1 aliphatic rings. The summed E-state index contributed by atoms with van der Waals surface area (Å²) in [5.74, 6) is 1.37. The fraction of sp³-hybridized carbons (Fsp3) is 0.318. The Morgan fingerprint density at radius 2 is 1.79 bits per heavy atom. The van der Waals surface area contributed by atoms with Crippen LogP contribution in [0.15, 0.2) is 54.6 Å². The summed E-state index contributed by atoms with van der Waals surface area (Å²) in [5, 5.41) is 4.02. The van der Waals surface area contributed by atoms with Crippen LogP contribution in [0, 0.1) is 5.92 Å². The lowest BCUT2D eigenvalue weighted by atomic mass is 9.96. The van der Waals surface area contributed by atoms with E-state index in [1.165, 1.54) is 4.70 Å². The van der Waals surface area contributed by atoms with E-state index in [4.69, 9.17) is 0 Å². The first-order valence-corrected chi connectivity index (χ1v) is 11.7. The molecule has 1 aromatic heterocycles. The minimum atomic E-state index is -0.0327. The van der Waals surface area contributed by atoms with Gasteiger partial charge in [0, 0.05) is 30.4 Å². The van der Waals surface area contributed by atoms with Crippen molar-refractivity contribution in [3.05, 3.63) is 59.6 Å². The molecule has 2 amide bonds. The fourth-order valence-corrected chi connectivity index (χ4v) is 5.40. The van der Waals surface area contributed by atoms with Crippen molar-refractivity contribution in [2.24, 2.45) is 5.92 Å². The Bertz CT molecular complexity index is 949. The highest BCUT2D eigenvalue weighted by Crippen LogP contribution is 2.25. The van der Waals surface area contributed by atoms with Crippen LogP contribution in [0.25, 0.3) is 10.2 Å². The highest BCUT2D eigenvalue weighted by atomic mass is 32.2. The number of nitrogens with one attached hydrogen (secondary N) is 1. The Balaban J connectivity index is 1.20. The number of thiazole rings is 1. The standard InChI is InChI=1S/C22H23N3O2S2/c26-21(15-28-14-20-24-18-8-4-5-9-19(18)29-20)25-12-10-16(11-13-25)22(27)23-17-6-2-1-3-7-17/h1-9,16H,10-15H2,(H,23,27). The molecule has 0 radical (unpaired) electrons. The Morgan fingerprint density at radius 1 is 1.07 bits per heavy atom. The third-order valence-electron chi connectivity index (χ3n) is 5.05. The molecule has 0 aliphatic carbocycles. The van der Waals surface area contributed by atoms with Crippen LogP contribution in [0.4, 0.5) is 5.69 Å². The normalized spacial score (nSPS) is 14.8. The Kier molecular flexibility index (Phi) is 6.46. The van der Waals surface area contributed by atoms with Gasteiger partial charge in [-0.25, -0.2) is 4.98 Å². The van der Waals surface area contributed by atoms with Gasteiger partial charge >= 0.3 is 0 Å². The minimum absolute atomic E-state index is 0.0327. The van der Waals surface area contributed by atoms with Gasteiger partial charge in [0.1, 0.15) is 5.01 Å². The smallest absolute Gasteiger partial charge is 0.232 e. The van der Waals surface area contributed by atoms with Crippen molar-refractivity contribution in [1.29, 1.82) is 0 Å². The van der Waals surface area contributed by atoms with Crippen molar-refractivity contribution in [3.63, 3.8) is 0 Å². The van der Waals surface area contributed by atoms with E-state index in [9.17, 15) is 9.59 Å². The van der Waals surface area contributed by atoms with E-state index in [2.05, 4.69) is 16.4 Å². The molecule has 150 valence electrons. The van der Waals surface area contributed by atoms with Crippen molar-refractivity contribution in [3.8, 4) is 0 Å². The third kappa shape index (κ3) is 5.16.